The number of para-hydroxylation sites is 2. The van der Waals surface area contributed by atoms with Crippen LogP contribution >= 0.6 is 11.3 Å². The number of fused-ring (bicyclic) bond motifs is 9. The zero-order valence-electron chi connectivity index (χ0n) is 29.1. The number of thiophene rings is 1. The van der Waals surface area contributed by atoms with E-state index in [9.17, 15) is 0 Å². The van der Waals surface area contributed by atoms with Crippen molar-refractivity contribution in [2.75, 3.05) is 0 Å². The number of benzene rings is 5. The zero-order chi connectivity index (χ0) is 35.6. The first-order chi connectivity index (χ1) is 26.8. The van der Waals surface area contributed by atoms with Crippen LogP contribution in [0.4, 0.5) is 0 Å². The second-order valence-electron chi connectivity index (χ2n) is 13.7. The van der Waals surface area contributed by atoms with Gasteiger partial charge in [-0.2, -0.15) is 0 Å². The summed E-state index contributed by atoms with van der Waals surface area (Å²) >= 11 is 1.82. The van der Waals surface area contributed by atoms with E-state index in [1.165, 1.54) is 86.4 Å². The second-order valence-corrected chi connectivity index (χ2v) is 14.8. The summed E-state index contributed by atoms with van der Waals surface area (Å²) in [5.41, 5.74) is 22.8. The van der Waals surface area contributed by atoms with Crippen molar-refractivity contribution in [1.29, 1.82) is 0 Å². The summed E-state index contributed by atoms with van der Waals surface area (Å²) in [5.74, 6) is 0. The van der Waals surface area contributed by atoms with E-state index in [0.717, 1.165) is 11.4 Å². The van der Waals surface area contributed by atoms with Gasteiger partial charge >= 0.3 is 0 Å². The molecule has 3 aromatic heterocycles. The molecule has 0 bridgehead atoms. The van der Waals surface area contributed by atoms with Gasteiger partial charge in [0.2, 0.25) is 0 Å². The fourth-order valence-electron chi connectivity index (χ4n) is 8.20. The van der Waals surface area contributed by atoms with Gasteiger partial charge in [-0.15, -0.1) is 28.5 Å². The predicted octanol–water partition coefficient (Wildman–Crippen LogP) is 13.6. The number of aromatic nitrogens is 2. The van der Waals surface area contributed by atoms with Crippen molar-refractivity contribution in [3.05, 3.63) is 209 Å². The van der Waals surface area contributed by atoms with Crippen molar-refractivity contribution in [1.82, 2.24) is 9.13 Å². The molecule has 8 aromatic rings. The lowest BCUT2D eigenvalue weighted by molar-refractivity contribution is 1.19. The summed E-state index contributed by atoms with van der Waals surface area (Å²) in [7, 11) is 0. The van der Waals surface area contributed by atoms with Crippen LogP contribution in [-0.2, 0) is 0 Å². The van der Waals surface area contributed by atoms with Gasteiger partial charge in [0.15, 0.2) is 0 Å². The lowest BCUT2D eigenvalue weighted by Crippen LogP contribution is -1.95. The van der Waals surface area contributed by atoms with E-state index in [0.29, 0.717) is 0 Å². The zero-order valence-corrected chi connectivity index (χ0v) is 29.9. The minimum atomic E-state index is 1.09. The van der Waals surface area contributed by atoms with Gasteiger partial charge in [-0.3, -0.25) is 0 Å². The summed E-state index contributed by atoms with van der Waals surface area (Å²) in [6, 6.07) is 38.1. The Kier molecular flexibility index (Phi) is 6.94. The van der Waals surface area contributed by atoms with E-state index >= 15 is 0 Å². The SMILES string of the molecule is C1=CC=CC(c2ccc3c(c2)c2ccccc2n3C2=Cc3c(sc4ccc(-n5c6ccccc6c6cc(C7=CC=C=CC=C7)ccc65)cc34)C=C=C2)=CC=1. The summed E-state index contributed by atoms with van der Waals surface area (Å²) in [6.45, 7) is 0. The largest absolute Gasteiger partial charge is 0.309 e. The fourth-order valence-corrected chi connectivity index (χ4v) is 9.26. The molecule has 0 fully saturated rings. The van der Waals surface area contributed by atoms with Crippen molar-refractivity contribution in [2.45, 2.75) is 0 Å². The number of hydrogen-bond donors (Lipinski definition) is 0. The molecule has 0 unspecified atom stereocenters. The molecular formula is C51H30N2S. The van der Waals surface area contributed by atoms with E-state index in [4.69, 9.17) is 0 Å². The Balaban J connectivity index is 1.08. The van der Waals surface area contributed by atoms with E-state index in [1.54, 1.807) is 0 Å². The molecule has 11 rings (SSSR count). The van der Waals surface area contributed by atoms with Crippen molar-refractivity contribution >= 4 is 94.0 Å². The van der Waals surface area contributed by atoms with Crippen LogP contribution in [0.25, 0.3) is 88.4 Å². The number of hydrogen-bond acceptors (Lipinski definition) is 1. The van der Waals surface area contributed by atoms with Gasteiger partial charge in [0.25, 0.3) is 0 Å². The maximum Gasteiger partial charge on any atom is 0.0545 e. The molecule has 0 amide bonds. The number of rotatable bonds is 4. The van der Waals surface area contributed by atoms with E-state index < -0.39 is 0 Å². The van der Waals surface area contributed by atoms with Gasteiger partial charge in [-0.25, -0.2) is 0 Å². The van der Waals surface area contributed by atoms with Crippen molar-refractivity contribution < 1.29 is 0 Å². The molecule has 3 heteroatoms. The summed E-state index contributed by atoms with van der Waals surface area (Å²) < 4.78 is 6.07. The highest BCUT2D eigenvalue weighted by atomic mass is 32.1. The van der Waals surface area contributed by atoms with Crippen LogP contribution in [0.1, 0.15) is 21.6 Å². The topological polar surface area (TPSA) is 9.86 Å². The predicted molar refractivity (Wildman–Crippen MR) is 232 cm³/mol. The van der Waals surface area contributed by atoms with Crippen molar-refractivity contribution in [3.63, 3.8) is 0 Å². The van der Waals surface area contributed by atoms with Crippen LogP contribution in [0, 0.1) is 0 Å². The Morgan fingerprint density at radius 1 is 0.481 bits per heavy atom. The number of nitrogens with zero attached hydrogens (tertiary/aromatic N) is 2. The van der Waals surface area contributed by atoms with Crippen molar-refractivity contribution in [2.24, 2.45) is 0 Å². The fraction of sp³-hybridized carbons (Fsp3) is 0. The van der Waals surface area contributed by atoms with E-state index in [2.05, 4.69) is 178 Å². The molecule has 0 saturated heterocycles. The lowest BCUT2D eigenvalue weighted by atomic mass is 10.0. The maximum atomic E-state index is 3.54. The second kappa shape index (κ2) is 12.3. The van der Waals surface area contributed by atoms with E-state index in [1.807, 2.05) is 41.7 Å². The third-order valence-corrected chi connectivity index (χ3v) is 11.8. The van der Waals surface area contributed by atoms with Gasteiger partial charge in [-0.05, 0) is 125 Å². The van der Waals surface area contributed by atoms with Crippen LogP contribution in [0.3, 0.4) is 0 Å². The molecule has 0 aliphatic heterocycles. The molecule has 3 heterocycles. The molecule has 5 aromatic carbocycles. The Morgan fingerprint density at radius 2 is 1.09 bits per heavy atom. The lowest BCUT2D eigenvalue weighted by Gasteiger charge is -2.11. The average Bonchev–Trinajstić information content (AvgIpc) is 3.50. The van der Waals surface area contributed by atoms with Crippen LogP contribution in [-0.4, -0.2) is 9.13 Å². The Bertz CT molecular complexity index is 3310. The molecule has 2 nitrogen and oxygen atoms in total. The molecule has 250 valence electrons. The third-order valence-electron chi connectivity index (χ3n) is 10.7. The summed E-state index contributed by atoms with van der Waals surface area (Å²) in [5, 5.41) is 6.19. The standard InChI is InChI=1S/C51H30N2S/c1-2-6-15-34(14-5-1)36-24-27-48-42(30-36)40-19-9-11-21-46(40)52(48)38-18-13-23-50-44(32-38)45-33-39(26-29-51(45)54-50)53-47-22-12-10-20-41(47)43-31-37(25-28-49(43)53)35-16-7-3-4-8-17-35/h1,3,5-12,14-33H. The molecule has 0 atom stereocenters. The molecule has 0 spiro atoms. The molecule has 0 N–H and O–H groups in total. The first-order valence-electron chi connectivity index (χ1n) is 18.2. The van der Waals surface area contributed by atoms with Crippen LogP contribution in [0.15, 0.2) is 187 Å². The maximum absolute atomic E-state index is 3.54. The van der Waals surface area contributed by atoms with Gasteiger partial charge in [0.05, 0.1) is 27.8 Å². The van der Waals surface area contributed by atoms with Gasteiger partial charge in [0, 0.05) is 53.8 Å². The monoisotopic (exact) mass is 702 g/mol. The van der Waals surface area contributed by atoms with Gasteiger partial charge < -0.3 is 9.13 Å². The first-order valence-corrected chi connectivity index (χ1v) is 19.0. The van der Waals surface area contributed by atoms with Crippen LogP contribution in [0.2, 0.25) is 0 Å². The third kappa shape index (κ3) is 4.83. The highest BCUT2D eigenvalue weighted by molar-refractivity contribution is 7.20. The smallest absolute Gasteiger partial charge is 0.0545 e. The highest BCUT2D eigenvalue weighted by Gasteiger charge is 2.19. The van der Waals surface area contributed by atoms with Crippen molar-refractivity contribution in [3.8, 4) is 5.69 Å². The van der Waals surface area contributed by atoms with Gasteiger partial charge in [-0.1, -0.05) is 72.8 Å². The Morgan fingerprint density at radius 3 is 1.78 bits per heavy atom. The molecular weight excluding hydrogens is 673 g/mol. The minimum absolute atomic E-state index is 1.09. The van der Waals surface area contributed by atoms with Crippen LogP contribution < -0.4 is 0 Å². The summed E-state index contributed by atoms with van der Waals surface area (Å²) in [6.07, 6.45) is 27.1. The average molecular weight is 703 g/mol. The van der Waals surface area contributed by atoms with E-state index in [-0.39, 0.29) is 0 Å². The first kappa shape index (κ1) is 30.5. The Hall–Kier alpha value is -7.08. The quantitative estimate of drug-likeness (QED) is 0.162. The molecule has 3 aliphatic rings. The summed E-state index contributed by atoms with van der Waals surface area (Å²) in [4.78, 5) is 1.21. The minimum Gasteiger partial charge on any atom is -0.309 e. The highest BCUT2D eigenvalue weighted by Crippen LogP contribution is 2.41. The normalized spacial score (nSPS) is 14.6. The molecule has 0 radical (unpaired) electrons. The van der Waals surface area contributed by atoms with Gasteiger partial charge in [0.1, 0.15) is 0 Å². The van der Waals surface area contributed by atoms with Crippen LogP contribution in [0.5, 0.6) is 0 Å². The Labute approximate surface area is 316 Å². The molecule has 3 aliphatic carbocycles. The molecule has 0 saturated carbocycles. The molecule has 54 heavy (non-hydrogen) atoms. The number of allylic oxidation sites excluding steroid dienone is 12.